The summed E-state index contributed by atoms with van der Waals surface area (Å²) < 4.78 is 31.7. The van der Waals surface area contributed by atoms with Crippen molar-refractivity contribution in [3.63, 3.8) is 0 Å². The highest BCUT2D eigenvalue weighted by molar-refractivity contribution is 5.25. The van der Waals surface area contributed by atoms with E-state index in [0.717, 1.165) is 18.9 Å². The van der Waals surface area contributed by atoms with Gasteiger partial charge in [-0.25, -0.2) is 8.78 Å². The molecular weight excluding hydrogens is 240 g/mol. The van der Waals surface area contributed by atoms with Crippen molar-refractivity contribution in [2.24, 2.45) is 0 Å². The molecule has 2 unspecified atom stereocenters. The molecule has 1 aromatic rings. The molecule has 0 bridgehead atoms. The van der Waals surface area contributed by atoms with Gasteiger partial charge < -0.3 is 15.2 Å². The molecule has 1 aliphatic carbocycles. The largest absolute Gasteiger partial charge is 0.487 e. The van der Waals surface area contributed by atoms with Crippen molar-refractivity contribution >= 4 is 0 Å². The molecule has 2 N–H and O–H groups in total. The van der Waals surface area contributed by atoms with Crippen molar-refractivity contribution in [1.82, 2.24) is 5.32 Å². The van der Waals surface area contributed by atoms with Gasteiger partial charge in [-0.05, 0) is 32.0 Å². The maximum atomic E-state index is 13.4. The van der Waals surface area contributed by atoms with Crippen LogP contribution in [0.3, 0.4) is 0 Å². The summed E-state index contributed by atoms with van der Waals surface area (Å²) >= 11 is 0. The van der Waals surface area contributed by atoms with Gasteiger partial charge in [0, 0.05) is 18.0 Å². The molecule has 1 aromatic carbocycles. The lowest BCUT2D eigenvalue weighted by molar-refractivity contribution is 0.144. The van der Waals surface area contributed by atoms with Crippen LogP contribution in [0.2, 0.25) is 0 Å². The molecule has 3 nitrogen and oxygen atoms in total. The summed E-state index contributed by atoms with van der Waals surface area (Å²) in [5.41, 5.74) is -0.346. The summed E-state index contributed by atoms with van der Waals surface area (Å²) in [6.45, 7) is 0.0231. The van der Waals surface area contributed by atoms with Gasteiger partial charge in [0.1, 0.15) is 11.9 Å². The first-order valence-corrected chi connectivity index (χ1v) is 6.00. The lowest BCUT2D eigenvalue weighted by atomic mass is 9.99. The quantitative estimate of drug-likeness (QED) is 0.865. The van der Waals surface area contributed by atoms with Crippen LogP contribution >= 0.6 is 0 Å². The molecule has 18 heavy (non-hydrogen) atoms. The Labute approximate surface area is 105 Å². The fourth-order valence-electron chi connectivity index (χ4n) is 2.38. The zero-order valence-electron chi connectivity index (χ0n) is 10.2. The Balaban J connectivity index is 2.03. The molecular formula is C13H17F2NO2. The zero-order chi connectivity index (χ0) is 13.2. The van der Waals surface area contributed by atoms with Crippen LogP contribution in [0, 0.1) is 11.6 Å². The van der Waals surface area contributed by atoms with E-state index in [4.69, 9.17) is 4.74 Å². The van der Waals surface area contributed by atoms with Crippen LogP contribution < -0.4 is 10.1 Å². The molecule has 1 saturated carbocycles. The van der Waals surface area contributed by atoms with E-state index in [9.17, 15) is 13.9 Å². The van der Waals surface area contributed by atoms with E-state index in [1.54, 1.807) is 7.05 Å². The monoisotopic (exact) mass is 257 g/mol. The van der Waals surface area contributed by atoms with Crippen LogP contribution in [-0.2, 0) is 0 Å². The lowest BCUT2D eigenvalue weighted by Crippen LogP contribution is -2.44. The van der Waals surface area contributed by atoms with Gasteiger partial charge in [0.2, 0.25) is 0 Å². The average molecular weight is 257 g/mol. The van der Waals surface area contributed by atoms with Crippen molar-refractivity contribution in [1.29, 1.82) is 0 Å². The Morgan fingerprint density at radius 1 is 1.50 bits per heavy atom. The summed E-state index contributed by atoms with van der Waals surface area (Å²) in [6, 6.07) is 3.27. The molecule has 1 fully saturated rings. The SMILES string of the molecule is CNC1(CO)CCC(Oc2ccc(F)cc2F)C1. The number of aliphatic hydroxyl groups is 1. The second-order valence-electron chi connectivity index (χ2n) is 4.75. The second-order valence-corrected chi connectivity index (χ2v) is 4.75. The molecule has 0 spiro atoms. The Morgan fingerprint density at radius 2 is 2.28 bits per heavy atom. The summed E-state index contributed by atoms with van der Waals surface area (Å²) in [5, 5.41) is 12.4. The van der Waals surface area contributed by atoms with Gasteiger partial charge in [-0.15, -0.1) is 0 Å². The van der Waals surface area contributed by atoms with Gasteiger partial charge in [0.05, 0.1) is 6.61 Å². The molecule has 1 aliphatic rings. The Bertz CT molecular complexity index is 421. The Kier molecular flexibility index (Phi) is 3.82. The van der Waals surface area contributed by atoms with Gasteiger partial charge in [-0.2, -0.15) is 0 Å². The molecule has 100 valence electrons. The third-order valence-electron chi connectivity index (χ3n) is 3.58. The molecule has 0 saturated heterocycles. The topological polar surface area (TPSA) is 41.5 Å². The molecule has 0 radical (unpaired) electrons. The van der Waals surface area contributed by atoms with Crippen molar-refractivity contribution in [2.75, 3.05) is 13.7 Å². The molecule has 0 amide bonds. The predicted molar refractivity (Wildman–Crippen MR) is 63.5 cm³/mol. The van der Waals surface area contributed by atoms with Crippen LogP contribution in [0.4, 0.5) is 8.78 Å². The number of hydrogen-bond acceptors (Lipinski definition) is 3. The van der Waals surface area contributed by atoms with Crippen LogP contribution in [-0.4, -0.2) is 30.4 Å². The third-order valence-corrected chi connectivity index (χ3v) is 3.58. The number of halogens is 2. The van der Waals surface area contributed by atoms with Crippen LogP contribution in [0.25, 0.3) is 0 Å². The summed E-state index contributed by atoms with van der Waals surface area (Å²) in [5.74, 6) is -1.25. The van der Waals surface area contributed by atoms with Gasteiger partial charge in [0.15, 0.2) is 11.6 Å². The van der Waals surface area contributed by atoms with Crippen LogP contribution in [0.5, 0.6) is 5.75 Å². The standard InChI is InChI=1S/C13H17F2NO2/c1-16-13(8-17)5-4-10(7-13)18-12-3-2-9(14)6-11(12)15/h2-3,6,10,16-17H,4-5,7-8H2,1H3. The summed E-state index contributed by atoms with van der Waals surface area (Å²) in [6.07, 6.45) is 1.95. The highest BCUT2D eigenvalue weighted by atomic mass is 19.1. The van der Waals surface area contributed by atoms with E-state index in [1.807, 2.05) is 0 Å². The van der Waals surface area contributed by atoms with E-state index in [1.165, 1.54) is 12.1 Å². The molecule has 2 atom stereocenters. The van der Waals surface area contributed by atoms with Crippen molar-refractivity contribution < 1.29 is 18.6 Å². The van der Waals surface area contributed by atoms with Gasteiger partial charge >= 0.3 is 0 Å². The zero-order valence-corrected chi connectivity index (χ0v) is 10.2. The maximum Gasteiger partial charge on any atom is 0.167 e. The maximum absolute atomic E-state index is 13.4. The number of likely N-dealkylation sites (N-methyl/N-ethyl adjacent to an activating group) is 1. The highest BCUT2D eigenvalue weighted by Gasteiger charge is 2.38. The van der Waals surface area contributed by atoms with E-state index >= 15 is 0 Å². The molecule has 2 rings (SSSR count). The Hall–Kier alpha value is -1.20. The number of aliphatic hydroxyl groups excluding tert-OH is 1. The fraction of sp³-hybridized carbons (Fsp3) is 0.538. The average Bonchev–Trinajstić information content (AvgIpc) is 2.77. The van der Waals surface area contributed by atoms with Crippen molar-refractivity contribution in [3.8, 4) is 5.75 Å². The first-order chi connectivity index (χ1) is 8.58. The number of ether oxygens (including phenoxy) is 1. The lowest BCUT2D eigenvalue weighted by Gasteiger charge is -2.26. The molecule has 0 aromatic heterocycles. The molecule has 0 heterocycles. The number of rotatable bonds is 4. The van der Waals surface area contributed by atoms with Crippen molar-refractivity contribution in [2.45, 2.75) is 30.9 Å². The van der Waals surface area contributed by atoms with Crippen molar-refractivity contribution in [3.05, 3.63) is 29.8 Å². The molecule has 5 heteroatoms. The predicted octanol–water partition coefficient (Wildman–Crippen LogP) is 1.85. The summed E-state index contributed by atoms with van der Waals surface area (Å²) in [7, 11) is 1.79. The second kappa shape index (κ2) is 5.20. The smallest absolute Gasteiger partial charge is 0.167 e. The van der Waals surface area contributed by atoms with E-state index in [2.05, 4.69) is 5.32 Å². The minimum atomic E-state index is -0.694. The minimum Gasteiger partial charge on any atom is -0.487 e. The number of hydrogen-bond donors (Lipinski definition) is 2. The van der Waals surface area contributed by atoms with Gasteiger partial charge in [-0.3, -0.25) is 0 Å². The van der Waals surface area contributed by atoms with E-state index < -0.39 is 11.6 Å². The van der Waals surface area contributed by atoms with Crippen LogP contribution in [0.1, 0.15) is 19.3 Å². The highest BCUT2D eigenvalue weighted by Crippen LogP contribution is 2.33. The third kappa shape index (κ3) is 2.62. The summed E-state index contributed by atoms with van der Waals surface area (Å²) in [4.78, 5) is 0. The molecule has 0 aliphatic heterocycles. The first-order valence-electron chi connectivity index (χ1n) is 6.00. The number of benzene rings is 1. The van der Waals surface area contributed by atoms with Crippen LogP contribution in [0.15, 0.2) is 18.2 Å². The van der Waals surface area contributed by atoms with E-state index in [-0.39, 0.29) is 24.0 Å². The van der Waals surface area contributed by atoms with Gasteiger partial charge in [0.25, 0.3) is 0 Å². The first kappa shape index (κ1) is 13.2. The van der Waals surface area contributed by atoms with E-state index in [0.29, 0.717) is 6.42 Å². The minimum absolute atomic E-state index is 0.0231. The number of nitrogens with one attached hydrogen (secondary N) is 1. The van der Waals surface area contributed by atoms with Gasteiger partial charge in [-0.1, -0.05) is 0 Å². The Morgan fingerprint density at radius 3 is 2.83 bits per heavy atom. The fourth-order valence-corrected chi connectivity index (χ4v) is 2.38. The normalized spacial score (nSPS) is 27.4.